The quantitative estimate of drug-likeness (QED) is 0.464. The topological polar surface area (TPSA) is 53.5 Å². The van der Waals surface area contributed by atoms with Crippen LogP contribution in [-0.2, 0) is 10.5 Å². The summed E-state index contributed by atoms with van der Waals surface area (Å²) in [6.45, 7) is 4.29. The van der Waals surface area contributed by atoms with Gasteiger partial charge in [-0.3, -0.25) is 9.59 Å². The second-order valence-electron chi connectivity index (χ2n) is 8.04. The van der Waals surface area contributed by atoms with Gasteiger partial charge in [-0.1, -0.05) is 37.3 Å². The fraction of sp³-hybridized carbons (Fsp3) is 0.400. The van der Waals surface area contributed by atoms with Gasteiger partial charge in [0.25, 0.3) is 5.91 Å². The van der Waals surface area contributed by atoms with Crippen molar-refractivity contribution in [2.24, 2.45) is 0 Å². The highest BCUT2D eigenvalue weighted by Gasteiger charge is 2.29. The second-order valence-corrected chi connectivity index (χ2v) is 10.1. The number of fused-ring (bicyclic) bond motifs is 1. The Hall–Kier alpha value is -2.38. The number of carbonyl (C=O) groups excluding carboxylic acids is 2. The molecule has 0 aliphatic carbocycles. The number of nitrogens with zero attached hydrogens (tertiary/aromatic N) is 3. The first-order valence-corrected chi connectivity index (χ1v) is 13.2. The van der Waals surface area contributed by atoms with Crippen LogP contribution in [-0.4, -0.2) is 58.0 Å². The lowest BCUT2D eigenvalue weighted by Gasteiger charge is -2.38. The summed E-state index contributed by atoms with van der Waals surface area (Å²) in [5.74, 6) is 1.52. The van der Waals surface area contributed by atoms with E-state index in [2.05, 4.69) is 22.9 Å². The molecule has 3 aromatic rings. The van der Waals surface area contributed by atoms with Crippen molar-refractivity contribution in [3.05, 3.63) is 65.2 Å². The third-order valence-corrected chi connectivity index (χ3v) is 7.94. The highest BCUT2D eigenvalue weighted by atomic mass is 32.2. The van der Waals surface area contributed by atoms with Crippen molar-refractivity contribution >= 4 is 45.1 Å². The molecule has 168 valence electrons. The van der Waals surface area contributed by atoms with Crippen LogP contribution in [0.1, 0.15) is 41.6 Å². The molecule has 0 spiro atoms. The van der Waals surface area contributed by atoms with Crippen LogP contribution in [0.2, 0.25) is 0 Å². The third-order valence-electron chi connectivity index (χ3n) is 5.79. The van der Waals surface area contributed by atoms with E-state index in [1.54, 1.807) is 23.1 Å². The summed E-state index contributed by atoms with van der Waals surface area (Å²) < 4.78 is 1.19. The van der Waals surface area contributed by atoms with Crippen molar-refractivity contribution in [3.8, 4) is 0 Å². The van der Waals surface area contributed by atoms with E-state index < -0.39 is 0 Å². The largest absolute Gasteiger partial charge is 0.339 e. The van der Waals surface area contributed by atoms with Gasteiger partial charge in [-0.15, -0.1) is 23.1 Å². The molecule has 1 aliphatic heterocycles. The van der Waals surface area contributed by atoms with E-state index in [1.807, 2.05) is 53.4 Å². The average Bonchev–Trinajstić information content (AvgIpc) is 3.25. The van der Waals surface area contributed by atoms with Gasteiger partial charge in [-0.25, -0.2) is 4.98 Å². The predicted molar refractivity (Wildman–Crippen MR) is 133 cm³/mol. The molecule has 1 fully saturated rings. The summed E-state index contributed by atoms with van der Waals surface area (Å²) in [5.41, 5.74) is 1.77. The number of thiazole rings is 1. The number of amides is 2. The number of carbonyl (C=O) groups is 2. The molecule has 7 heteroatoms. The van der Waals surface area contributed by atoms with Crippen LogP contribution in [0.4, 0.5) is 0 Å². The minimum absolute atomic E-state index is 0.0869. The number of rotatable bonds is 8. The fourth-order valence-electron chi connectivity index (χ4n) is 4.19. The molecule has 0 radical (unpaired) electrons. The van der Waals surface area contributed by atoms with Gasteiger partial charge >= 0.3 is 0 Å². The van der Waals surface area contributed by atoms with E-state index in [-0.39, 0.29) is 17.9 Å². The van der Waals surface area contributed by atoms with Gasteiger partial charge in [-0.2, -0.15) is 0 Å². The summed E-state index contributed by atoms with van der Waals surface area (Å²) in [4.78, 5) is 34.4. The normalized spacial score (nSPS) is 14.6. The molecule has 0 atom stereocenters. The van der Waals surface area contributed by atoms with E-state index in [1.165, 1.54) is 4.70 Å². The van der Waals surface area contributed by atoms with Crippen LogP contribution in [0.25, 0.3) is 10.2 Å². The first kappa shape index (κ1) is 22.8. The maximum atomic E-state index is 13.0. The van der Waals surface area contributed by atoms with Gasteiger partial charge in [0, 0.05) is 37.0 Å². The Kier molecular flexibility index (Phi) is 7.81. The van der Waals surface area contributed by atoms with Crippen LogP contribution in [0, 0.1) is 0 Å². The maximum Gasteiger partial charge on any atom is 0.253 e. The lowest BCUT2D eigenvalue weighted by atomic mass is 10.0. The van der Waals surface area contributed by atoms with E-state index in [0.717, 1.165) is 47.6 Å². The minimum atomic E-state index is 0.0869. The molecule has 2 aromatic carbocycles. The van der Waals surface area contributed by atoms with Crippen LogP contribution in [0.5, 0.6) is 0 Å². The van der Waals surface area contributed by atoms with Crippen LogP contribution >= 0.6 is 23.1 Å². The summed E-state index contributed by atoms with van der Waals surface area (Å²) >= 11 is 3.35. The summed E-state index contributed by atoms with van der Waals surface area (Å²) in [5, 5.41) is 1.07. The molecule has 0 bridgehead atoms. The van der Waals surface area contributed by atoms with Gasteiger partial charge < -0.3 is 9.80 Å². The van der Waals surface area contributed by atoms with Gasteiger partial charge in [0.15, 0.2) is 0 Å². The Labute approximate surface area is 197 Å². The van der Waals surface area contributed by atoms with Crippen LogP contribution < -0.4 is 0 Å². The number of likely N-dealkylation sites (tertiary alicyclic amines) is 1. The van der Waals surface area contributed by atoms with Crippen LogP contribution in [0.3, 0.4) is 0 Å². The average molecular weight is 468 g/mol. The van der Waals surface area contributed by atoms with Crippen molar-refractivity contribution < 1.29 is 9.59 Å². The number of hydrogen-bond donors (Lipinski definition) is 0. The van der Waals surface area contributed by atoms with Gasteiger partial charge in [0.2, 0.25) is 5.91 Å². The number of piperidine rings is 1. The van der Waals surface area contributed by atoms with Crippen LogP contribution in [0.15, 0.2) is 54.6 Å². The van der Waals surface area contributed by atoms with Crippen molar-refractivity contribution in [3.63, 3.8) is 0 Å². The Morgan fingerprint density at radius 2 is 1.81 bits per heavy atom. The van der Waals surface area contributed by atoms with E-state index in [9.17, 15) is 9.59 Å². The molecule has 1 aliphatic rings. The lowest BCUT2D eigenvalue weighted by molar-refractivity contribution is -0.131. The molecule has 1 saturated heterocycles. The lowest BCUT2D eigenvalue weighted by Crippen LogP contribution is -2.49. The van der Waals surface area contributed by atoms with E-state index >= 15 is 0 Å². The maximum absolute atomic E-state index is 13.0. The van der Waals surface area contributed by atoms with E-state index in [0.29, 0.717) is 18.8 Å². The smallest absolute Gasteiger partial charge is 0.253 e. The van der Waals surface area contributed by atoms with E-state index in [4.69, 9.17) is 0 Å². The number of para-hydroxylation sites is 1. The molecular formula is C25H29N3O2S2. The predicted octanol–water partition coefficient (Wildman–Crippen LogP) is 5.07. The molecule has 5 nitrogen and oxygen atoms in total. The molecule has 0 unspecified atom stereocenters. The highest BCUT2D eigenvalue weighted by Crippen LogP contribution is 2.26. The number of aromatic nitrogens is 1. The number of thioether (sulfide) groups is 1. The van der Waals surface area contributed by atoms with Crippen molar-refractivity contribution in [2.75, 3.05) is 25.4 Å². The summed E-state index contributed by atoms with van der Waals surface area (Å²) in [7, 11) is 0. The molecule has 0 saturated carbocycles. The monoisotopic (exact) mass is 467 g/mol. The highest BCUT2D eigenvalue weighted by molar-refractivity contribution is 7.99. The summed E-state index contributed by atoms with van der Waals surface area (Å²) in [6, 6.07) is 17.8. The molecule has 4 rings (SSSR count). The molecule has 32 heavy (non-hydrogen) atoms. The Morgan fingerprint density at radius 3 is 2.53 bits per heavy atom. The second kappa shape index (κ2) is 11.0. The van der Waals surface area contributed by atoms with Crippen molar-refractivity contribution in [2.45, 2.75) is 38.0 Å². The zero-order valence-corrected chi connectivity index (χ0v) is 20.0. The minimum Gasteiger partial charge on any atom is -0.339 e. The fourth-order valence-corrected chi connectivity index (χ4v) is 6.12. The molecular weight excluding hydrogens is 438 g/mol. The molecule has 2 heterocycles. The Balaban J connectivity index is 1.29. The molecule has 1 aromatic heterocycles. The first-order chi connectivity index (χ1) is 15.7. The third kappa shape index (κ3) is 5.51. The Morgan fingerprint density at radius 1 is 1.09 bits per heavy atom. The Bertz CT molecular complexity index is 1010. The molecule has 2 amide bonds. The SMILES string of the molecule is CCCN(C(=O)CSCc1nc2ccccc2s1)C1CCN(C(=O)c2ccccc2)CC1. The number of hydrogen-bond acceptors (Lipinski definition) is 5. The van der Waals surface area contributed by atoms with Gasteiger partial charge in [-0.05, 0) is 43.5 Å². The van der Waals surface area contributed by atoms with Gasteiger partial charge in [0.1, 0.15) is 5.01 Å². The van der Waals surface area contributed by atoms with Gasteiger partial charge in [0.05, 0.1) is 16.0 Å². The van der Waals surface area contributed by atoms with Crippen molar-refractivity contribution in [1.29, 1.82) is 0 Å². The zero-order chi connectivity index (χ0) is 22.3. The number of benzene rings is 2. The summed E-state index contributed by atoms with van der Waals surface area (Å²) in [6.07, 6.45) is 2.62. The standard InChI is InChI=1S/C25H29N3O2S2/c1-2-14-28(20-12-15-27(16-13-20)25(30)19-8-4-3-5-9-19)24(29)18-31-17-23-26-21-10-6-7-11-22(21)32-23/h3-11,20H,2,12-18H2,1H3. The first-order valence-electron chi connectivity index (χ1n) is 11.2. The van der Waals surface area contributed by atoms with Crippen molar-refractivity contribution in [1.82, 2.24) is 14.8 Å². The molecule has 0 N–H and O–H groups in total. The zero-order valence-electron chi connectivity index (χ0n) is 18.4.